The molecule has 0 heterocycles. The van der Waals surface area contributed by atoms with Crippen molar-refractivity contribution in [3.8, 4) is 5.75 Å². The van der Waals surface area contributed by atoms with Gasteiger partial charge in [-0.1, -0.05) is 12.1 Å². The summed E-state index contributed by atoms with van der Waals surface area (Å²) < 4.78 is 15.5. The fraction of sp³-hybridized carbons (Fsp3) is 0.455. The second-order valence-electron chi connectivity index (χ2n) is 2.96. The highest BCUT2D eigenvalue weighted by atomic mass is 16.5. The molecule has 0 spiro atoms. The first-order valence-electron chi connectivity index (χ1n) is 4.46. The van der Waals surface area contributed by atoms with E-state index in [1.54, 1.807) is 21.3 Å². The molecule has 0 atom stereocenters. The number of benzene rings is 1. The highest BCUT2D eigenvalue weighted by Crippen LogP contribution is 2.23. The van der Waals surface area contributed by atoms with Crippen LogP contribution >= 0.6 is 0 Å². The van der Waals surface area contributed by atoms with Crippen LogP contribution in [0, 0.1) is 0 Å². The van der Waals surface area contributed by atoms with Gasteiger partial charge in [-0.3, -0.25) is 0 Å². The zero-order chi connectivity index (χ0) is 10.4. The molecule has 14 heavy (non-hydrogen) atoms. The molecule has 0 fully saturated rings. The Labute approximate surface area is 84.6 Å². The molecule has 0 aliphatic carbocycles. The quantitative estimate of drug-likeness (QED) is 0.720. The maximum atomic E-state index is 5.25. The average molecular weight is 196 g/mol. The Morgan fingerprint density at radius 3 is 2.29 bits per heavy atom. The molecular formula is C11H16O3. The highest BCUT2D eigenvalue weighted by Gasteiger charge is 2.07. The molecule has 3 nitrogen and oxygen atoms in total. The Balaban J connectivity index is 3.00. The molecule has 0 saturated carbocycles. The largest absolute Gasteiger partial charge is 0.496 e. The molecule has 0 saturated heterocycles. The number of hydrogen-bond acceptors (Lipinski definition) is 3. The van der Waals surface area contributed by atoms with Gasteiger partial charge in [0.15, 0.2) is 0 Å². The smallest absolute Gasteiger partial charge is 0.124 e. The summed E-state index contributed by atoms with van der Waals surface area (Å²) in [5.74, 6) is 0.849. The molecule has 0 aliphatic heterocycles. The first-order valence-corrected chi connectivity index (χ1v) is 4.46. The molecule has 0 aromatic heterocycles. The van der Waals surface area contributed by atoms with Gasteiger partial charge < -0.3 is 14.2 Å². The van der Waals surface area contributed by atoms with Crippen LogP contribution in [0.2, 0.25) is 0 Å². The lowest BCUT2D eigenvalue weighted by atomic mass is 10.1. The van der Waals surface area contributed by atoms with E-state index in [-0.39, 0.29) is 0 Å². The van der Waals surface area contributed by atoms with Crippen molar-refractivity contribution in [2.45, 2.75) is 13.2 Å². The Morgan fingerprint density at radius 1 is 1.00 bits per heavy atom. The van der Waals surface area contributed by atoms with Gasteiger partial charge in [0.2, 0.25) is 0 Å². The summed E-state index contributed by atoms with van der Waals surface area (Å²) in [6, 6.07) is 5.89. The van der Waals surface area contributed by atoms with Gasteiger partial charge in [-0.05, 0) is 11.6 Å². The van der Waals surface area contributed by atoms with E-state index < -0.39 is 0 Å². The summed E-state index contributed by atoms with van der Waals surface area (Å²) in [7, 11) is 5.00. The van der Waals surface area contributed by atoms with Crippen LogP contribution in [-0.2, 0) is 22.7 Å². The van der Waals surface area contributed by atoms with E-state index >= 15 is 0 Å². The van der Waals surface area contributed by atoms with E-state index in [1.807, 2.05) is 18.2 Å². The van der Waals surface area contributed by atoms with E-state index in [9.17, 15) is 0 Å². The lowest BCUT2D eigenvalue weighted by Gasteiger charge is -2.12. The fourth-order valence-corrected chi connectivity index (χ4v) is 1.40. The Kier molecular flexibility index (Phi) is 4.43. The molecule has 1 aromatic rings. The zero-order valence-electron chi connectivity index (χ0n) is 8.87. The number of rotatable bonds is 5. The SMILES string of the molecule is COCc1cccc(OC)c1COC. The second kappa shape index (κ2) is 5.62. The molecule has 0 radical (unpaired) electrons. The maximum absolute atomic E-state index is 5.25. The van der Waals surface area contributed by atoms with Crippen LogP contribution in [0.3, 0.4) is 0 Å². The van der Waals surface area contributed by atoms with Gasteiger partial charge in [0.25, 0.3) is 0 Å². The van der Waals surface area contributed by atoms with Gasteiger partial charge in [-0.25, -0.2) is 0 Å². The second-order valence-corrected chi connectivity index (χ2v) is 2.96. The molecule has 0 amide bonds. The number of methoxy groups -OCH3 is 3. The van der Waals surface area contributed by atoms with Crippen LogP contribution in [0.4, 0.5) is 0 Å². The van der Waals surface area contributed by atoms with Crippen LogP contribution in [0.5, 0.6) is 5.75 Å². The highest BCUT2D eigenvalue weighted by molar-refractivity contribution is 5.39. The topological polar surface area (TPSA) is 27.7 Å². The van der Waals surface area contributed by atoms with Crippen molar-refractivity contribution >= 4 is 0 Å². The maximum Gasteiger partial charge on any atom is 0.124 e. The van der Waals surface area contributed by atoms with E-state index in [4.69, 9.17) is 14.2 Å². The van der Waals surface area contributed by atoms with Crippen molar-refractivity contribution in [2.24, 2.45) is 0 Å². The zero-order valence-corrected chi connectivity index (χ0v) is 8.87. The Bertz CT molecular complexity index is 284. The molecule has 0 bridgehead atoms. The van der Waals surface area contributed by atoms with Crippen molar-refractivity contribution < 1.29 is 14.2 Å². The summed E-state index contributed by atoms with van der Waals surface area (Å²) in [5, 5.41) is 0. The van der Waals surface area contributed by atoms with Crippen LogP contribution in [-0.4, -0.2) is 21.3 Å². The minimum atomic E-state index is 0.544. The average Bonchev–Trinajstić information content (AvgIpc) is 2.21. The standard InChI is InChI=1S/C11H16O3/c1-12-7-9-5-4-6-11(14-3)10(9)8-13-2/h4-6H,7-8H2,1-3H3. The third-order valence-electron chi connectivity index (χ3n) is 2.04. The summed E-state index contributed by atoms with van der Waals surface area (Å²) in [4.78, 5) is 0. The van der Waals surface area contributed by atoms with Crippen molar-refractivity contribution in [2.75, 3.05) is 21.3 Å². The third-order valence-corrected chi connectivity index (χ3v) is 2.04. The van der Waals surface area contributed by atoms with Gasteiger partial charge >= 0.3 is 0 Å². The number of hydrogen-bond donors (Lipinski definition) is 0. The number of ether oxygens (including phenoxy) is 3. The van der Waals surface area contributed by atoms with E-state index in [0.29, 0.717) is 13.2 Å². The molecule has 3 heteroatoms. The summed E-state index contributed by atoms with van der Waals surface area (Å²) in [6.07, 6.45) is 0. The predicted molar refractivity (Wildman–Crippen MR) is 54.4 cm³/mol. The van der Waals surface area contributed by atoms with Gasteiger partial charge in [-0.15, -0.1) is 0 Å². The molecule has 0 aliphatic rings. The first kappa shape index (κ1) is 11.0. The Hall–Kier alpha value is -1.06. The van der Waals surface area contributed by atoms with Gasteiger partial charge in [-0.2, -0.15) is 0 Å². The van der Waals surface area contributed by atoms with Gasteiger partial charge in [0.05, 0.1) is 20.3 Å². The first-order chi connectivity index (χ1) is 6.83. The summed E-state index contributed by atoms with van der Waals surface area (Å²) >= 11 is 0. The molecule has 78 valence electrons. The molecule has 0 unspecified atom stereocenters. The van der Waals surface area contributed by atoms with E-state index in [0.717, 1.165) is 16.9 Å². The molecule has 1 rings (SSSR count). The minimum Gasteiger partial charge on any atom is -0.496 e. The Morgan fingerprint density at radius 2 is 1.71 bits per heavy atom. The van der Waals surface area contributed by atoms with Crippen molar-refractivity contribution in [1.29, 1.82) is 0 Å². The summed E-state index contributed by atoms with van der Waals surface area (Å²) in [5.41, 5.74) is 2.16. The van der Waals surface area contributed by atoms with E-state index in [2.05, 4.69) is 0 Å². The third kappa shape index (κ3) is 2.47. The van der Waals surface area contributed by atoms with Crippen LogP contribution in [0.25, 0.3) is 0 Å². The van der Waals surface area contributed by atoms with Crippen molar-refractivity contribution in [3.63, 3.8) is 0 Å². The van der Waals surface area contributed by atoms with Crippen molar-refractivity contribution in [1.82, 2.24) is 0 Å². The normalized spacial score (nSPS) is 10.2. The predicted octanol–water partition coefficient (Wildman–Crippen LogP) is 1.99. The van der Waals surface area contributed by atoms with E-state index in [1.165, 1.54) is 0 Å². The molecule has 1 aromatic carbocycles. The van der Waals surface area contributed by atoms with Gasteiger partial charge in [0.1, 0.15) is 5.75 Å². The monoisotopic (exact) mass is 196 g/mol. The lowest BCUT2D eigenvalue weighted by molar-refractivity contribution is 0.165. The summed E-state index contributed by atoms with van der Waals surface area (Å²) in [6.45, 7) is 1.12. The van der Waals surface area contributed by atoms with Crippen LogP contribution in [0.15, 0.2) is 18.2 Å². The lowest BCUT2D eigenvalue weighted by Crippen LogP contribution is -2.00. The van der Waals surface area contributed by atoms with Gasteiger partial charge in [0, 0.05) is 19.8 Å². The van der Waals surface area contributed by atoms with Crippen molar-refractivity contribution in [3.05, 3.63) is 29.3 Å². The molecule has 0 N–H and O–H groups in total. The fourth-order valence-electron chi connectivity index (χ4n) is 1.40. The molecular weight excluding hydrogens is 180 g/mol. The van der Waals surface area contributed by atoms with Crippen LogP contribution < -0.4 is 4.74 Å². The minimum absolute atomic E-state index is 0.544. The van der Waals surface area contributed by atoms with Crippen LogP contribution in [0.1, 0.15) is 11.1 Å².